The van der Waals surface area contributed by atoms with Crippen LogP contribution in [0.15, 0.2) is 35.5 Å². The molecule has 0 aliphatic carbocycles. The summed E-state index contributed by atoms with van der Waals surface area (Å²) in [6.45, 7) is 4.95. The highest BCUT2D eigenvalue weighted by molar-refractivity contribution is 5.97. The van der Waals surface area contributed by atoms with Crippen LogP contribution in [0.25, 0.3) is 0 Å². The van der Waals surface area contributed by atoms with Crippen LogP contribution in [0.4, 0.5) is 4.79 Å². The lowest BCUT2D eigenvalue weighted by atomic mass is 9.95. The SMILES string of the molecule is COc1ccc([C@H]2NC(=O)N(CCC(C)C)C3=C2C(=O)OC3)cc1. The Hall–Kier alpha value is -2.50. The Morgan fingerprint density at radius 1 is 1.29 bits per heavy atom. The number of hydrogen-bond donors (Lipinski definition) is 1. The maximum Gasteiger partial charge on any atom is 0.338 e. The Kier molecular flexibility index (Phi) is 4.46. The lowest BCUT2D eigenvalue weighted by Crippen LogP contribution is -2.47. The Labute approximate surface area is 141 Å². The first-order valence-corrected chi connectivity index (χ1v) is 8.13. The Bertz CT molecular complexity index is 679. The van der Waals surface area contributed by atoms with Crippen molar-refractivity contribution in [3.05, 3.63) is 41.1 Å². The van der Waals surface area contributed by atoms with Crippen LogP contribution in [-0.2, 0) is 9.53 Å². The average molecular weight is 330 g/mol. The lowest BCUT2D eigenvalue weighted by molar-refractivity contribution is -0.136. The van der Waals surface area contributed by atoms with Crippen molar-refractivity contribution in [2.24, 2.45) is 5.92 Å². The molecule has 0 saturated carbocycles. The zero-order valence-electron chi connectivity index (χ0n) is 14.2. The number of nitrogens with one attached hydrogen (secondary N) is 1. The van der Waals surface area contributed by atoms with E-state index in [1.165, 1.54) is 0 Å². The van der Waals surface area contributed by atoms with Crippen molar-refractivity contribution < 1.29 is 19.1 Å². The van der Waals surface area contributed by atoms with Gasteiger partial charge < -0.3 is 14.8 Å². The monoisotopic (exact) mass is 330 g/mol. The number of cyclic esters (lactones) is 1. The molecule has 0 spiro atoms. The molecule has 128 valence electrons. The van der Waals surface area contributed by atoms with Crippen molar-refractivity contribution in [3.8, 4) is 5.75 Å². The molecule has 1 atom stereocenters. The molecule has 2 aliphatic heterocycles. The summed E-state index contributed by atoms with van der Waals surface area (Å²) in [5, 5.41) is 2.93. The van der Waals surface area contributed by atoms with Crippen LogP contribution < -0.4 is 10.1 Å². The summed E-state index contributed by atoms with van der Waals surface area (Å²) >= 11 is 0. The van der Waals surface area contributed by atoms with Crippen LogP contribution in [0.5, 0.6) is 5.75 Å². The number of carbonyl (C=O) groups is 2. The quantitative estimate of drug-likeness (QED) is 0.843. The van der Waals surface area contributed by atoms with Gasteiger partial charge in [0.05, 0.1) is 24.4 Å². The van der Waals surface area contributed by atoms with E-state index in [9.17, 15) is 9.59 Å². The fourth-order valence-electron chi connectivity index (χ4n) is 2.98. The third-order valence-electron chi connectivity index (χ3n) is 4.38. The fraction of sp³-hybridized carbons (Fsp3) is 0.444. The molecule has 1 aromatic carbocycles. The predicted molar refractivity (Wildman–Crippen MR) is 88.4 cm³/mol. The van der Waals surface area contributed by atoms with Gasteiger partial charge in [-0.25, -0.2) is 9.59 Å². The molecule has 2 aliphatic rings. The van der Waals surface area contributed by atoms with Gasteiger partial charge in [-0.05, 0) is 30.0 Å². The van der Waals surface area contributed by atoms with Gasteiger partial charge in [-0.15, -0.1) is 0 Å². The van der Waals surface area contributed by atoms with Gasteiger partial charge in [0.2, 0.25) is 0 Å². The van der Waals surface area contributed by atoms with E-state index in [0.717, 1.165) is 17.7 Å². The van der Waals surface area contributed by atoms with Gasteiger partial charge in [-0.1, -0.05) is 26.0 Å². The highest BCUT2D eigenvalue weighted by Gasteiger charge is 2.41. The van der Waals surface area contributed by atoms with E-state index in [1.54, 1.807) is 12.0 Å². The van der Waals surface area contributed by atoms with Crippen LogP contribution in [-0.4, -0.2) is 37.2 Å². The van der Waals surface area contributed by atoms with Crippen molar-refractivity contribution in [3.63, 3.8) is 0 Å². The number of benzene rings is 1. The molecule has 2 amide bonds. The van der Waals surface area contributed by atoms with Crippen molar-refractivity contribution in [2.75, 3.05) is 20.3 Å². The maximum atomic E-state index is 12.6. The van der Waals surface area contributed by atoms with Crippen LogP contribution in [0, 0.1) is 5.92 Å². The number of amides is 2. The van der Waals surface area contributed by atoms with Gasteiger partial charge in [0.25, 0.3) is 0 Å². The van der Waals surface area contributed by atoms with E-state index in [2.05, 4.69) is 19.2 Å². The summed E-state index contributed by atoms with van der Waals surface area (Å²) < 4.78 is 10.4. The summed E-state index contributed by atoms with van der Waals surface area (Å²) in [6.07, 6.45) is 0.867. The number of ether oxygens (including phenoxy) is 2. The number of urea groups is 1. The lowest BCUT2D eigenvalue weighted by Gasteiger charge is -2.33. The molecule has 6 heteroatoms. The summed E-state index contributed by atoms with van der Waals surface area (Å²) in [5.41, 5.74) is 2.05. The van der Waals surface area contributed by atoms with E-state index in [4.69, 9.17) is 9.47 Å². The molecule has 6 nitrogen and oxygen atoms in total. The Morgan fingerprint density at radius 3 is 2.62 bits per heavy atom. The van der Waals surface area contributed by atoms with E-state index >= 15 is 0 Å². The molecule has 0 bridgehead atoms. The zero-order chi connectivity index (χ0) is 17.3. The van der Waals surface area contributed by atoms with Crippen molar-refractivity contribution in [1.29, 1.82) is 0 Å². The minimum Gasteiger partial charge on any atom is -0.497 e. The Morgan fingerprint density at radius 2 is 2.00 bits per heavy atom. The first-order chi connectivity index (χ1) is 11.5. The summed E-state index contributed by atoms with van der Waals surface area (Å²) in [6, 6.07) is 6.66. The normalized spacial score (nSPS) is 20.2. The largest absolute Gasteiger partial charge is 0.497 e. The second-order valence-corrected chi connectivity index (χ2v) is 6.43. The van der Waals surface area contributed by atoms with Gasteiger partial charge in [0.15, 0.2) is 0 Å². The highest BCUT2D eigenvalue weighted by Crippen LogP contribution is 2.35. The van der Waals surface area contributed by atoms with Gasteiger partial charge in [0, 0.05) is 6.54 Å². The number of nitrogens with zero attached hydrogens (tertiary/aromatic N) is 1. The molecule has 0 saturated heterocycles. The second kappa shape index (κ2) is 6.55. The fourth-order valence-corrected chi connectivity index (χ4v) is 2.98. The molecule has 2 heterocycles. The molecule has 0 radical (unpaired) electrons. The molecule has 1 aromatic rings. The van der Waals surface area contributed by atoms with Crippen molar-refractivity contribution >= 4 is 12.0 Å². The van der Waals surface area contributed by atoms with E-state index in [1.807, 2.05) is 24.3 Å². The van der Waals surface area contributed by atoms with Crippen LogP contribution in [0.1, 0.15) is 31.9 Å². The Balaban J connectivity index is 1.93. The predicted octanol–water partition coefficient (Wildman–Crippen LogP) is 2.62. The summed E-state index contributed by atoms with van der Waals surface area (Å²) in [7, 11) is 1.60. The number of esters is 1. The van der Waals surface area contributed by atoms with E-state index < -0.39 is 6.04 Å². The molecule has 0 unspecified atom stereocenters. The van der Waals surface area contributed by atoms with Crippen molar-refractivity contribution in [1.82, 2.24) is 10.2 Å². The zero-order valence-corrected chi connectivity index (χ0v) is 14.2. The summed E-state index contributed by atoms with van der Waals surface area (Å²) in [4.78, 5) is 26.4. The molecular weight excluding hydrogens is 308 g/mol. The molecule has 24 heavy (non-hydrogen) atoms. The third kappa shape index (κ3) is 2.96. The van der Waals surface area contributed by atoms with Gasteiger partial charge in [-0.2, -0.15) is 0 Å². The minimum absolute atomic E-state index is 0.159. The number of methoxy groups -OCH3 is 1. The average Bonchev–Trinajstić information content (AvgIpc) is 2.95. The summed E-state index contributed by atoms with van der Waals surface area (Å²) in [5.74, 6) is 0.835. The molecular formula is C18H22N2O4. The first kappa shape index (κ1) is 16.4. The van der Waals surface area contributed by atoms with Crippen molar-refractivity contribution in [2.45, 2.75) is 26.3 Å². The van der Waals surface area contributed by atoms with Gasteiger partial charge >= 0.3 is 12.0 Å². The van der Waals surface area contributed by atoms with Crippen LogP contribution in [0.3, 0.4) is 0 Å². The van der Waals surface area contributed by atoms with Gasteiger partial charge in [0.1, 0.15) is 12.4 Å². The molecule has 3 rings (SSSR count). The maximum absolute atomic E-state index is 12.6. The standard InChI is InChI=1S/C18H22N2O4/c1-11(2)8-9-20-14-10-24-17(21)15(14)16(19-18(20)22)12-4-6-13(23-3)7-5-12/h4-7,11,16H,8-10H2,1-3H3,(H,19,22)/t16-/m1/s1. The number of hydrogen-bond acceptors (Lipinski definition) is 4. The second-order valence-electron chi connectivity index (χ2n) is 6.43. The first-order valence-electron chi connectivity index (χ1n) is 8.13. The van der Waals surface area contributed by atoms with Crippen LogP contribution >= 0.6 is 0 Å². The van der Waals surface area contributed by atoms with E-state index in [0.29, 0.717) is 23.7 Å². The molecule has 1 N–H and O–H groups in total. The van der Waals surface area contributed by atoms with Gasteiger partial charge in [-0.3, -0.25) is 4.90 Å². The molecule has 0 aromatic heterocycles. The smallest absolute Gasteiger partial charge is 0.338 e. The highest BCUT2D eigenvalue weighted by atomic mass is 16.5. The topological polar surface area (TPSA) is 67.9 Å². The molecule has 0 fully saturated rings. The minimum atomic E-state index is -0.483. The number of carbonyl (C=O) groups excluding carboxylic acids is 2. The third-order valence-corrected chi connectivity index (χ3v) is 4.38. The van der Waals surface area contributed by atoms with E-state index in [-0.39, 0.29) is 18.6 Å². The number of rotatable bonds is 5. The van der Waals surface area contributed by atoms with Crippen LogP contribution in [0.2, 0.25) is 0 Å².